The van der Waals surface area contributed by atoms with E-state index in [0.29, 0.717) is 12.8 Å². The highest BCUT2D eigenvalue weighted by Gasteiger charge is 2.29. The van der Waals surface area contributed by atoms with Gasteiger partial charge in [0.25, 0.3) is 0 Å². The highest BCUT2D eigenvalue weighted by atomic mass is 32.1. The van der Waals surface area contributed by atoms with Crippen LogP contribution in [0.2, 0.25) is 0 Å². The van der Waals surface area contributed by atoms with Crippen LogP contribution < -0.4 is 33.2 Å². The van der Waals surface area contributed by atoms with E-state index in [-0.39, 0.29) is 30.6 Å². The molecule has 0 aliphatic carbocycles. The highest BCUT2D eigenvalue weighted by Crippen LogP contribution is 2.05. The van der Waals surface area contributed by atoms with E-state index >= 15 is 0 Å². The van der Waals surface area contributed by atoms with Crippen LogP contribution in [0.3, 0.4) is 0 Å². The van der Waals surface area contributed by atoms with Crippen LogP contribution in [0.1, 0.15) is 33.1 Å². The van der Waals surface area contributed by atoms with Gasteiger partial charge in [0.15, 0.2) is 5.96 Å². The van der Waals surface area contributed by atoms with E-state index in [1.54, 1.807) is 0 Å². The van der Waals surface area contributed by atoms with E-state index in [4.69, 9.17) is 27.4 Å². The van der Waals surface area contributed by atoms with Gasteiger partial charge in [-0.2, -0.15) is 12.6 Å². The molecule has 0 saturated heterocycles. The normalized spacial score (nSPS) is 14.6. The van der Waals surface area contributed by atoms with Crippen LogP contribution in [0.4, 0.5) is 0 Å². The summed E-state index contributed by atoms with van der Waals surface area (Å²) in [5, 5.41) is 25.1. The van der Waals surface area contributed by atoms with Gasteiger partial charge in [0.05, 0.1) is 12.6 Å². The number of hydrogen-bond donors (Lipinski definition) is 9. The zero-order valence-corrected chi connectivity index (χ0v) is 19.2. The average Bonchev–Trinajstić information content (AvgIpc) is 2.70. The molecule has 184 valence electrons. The van der Waals surface area contributed by atoms with Crippen LogP contribution in [0.15, 0.2) is 4.99 Å². The molecule has 0 saturated carbocycles. The van der Waals surface area contributed by atoms with Crippen molar-refractivity contribution in [3.05, 3.63) is 0 Å². The van der Waals surface area contributed by atoms with E-state index in [9.17, 15) is 19.2 Å². The molecular weight excluding hydrogens is 442 g/mol. The Hall–Kier alpha value is -2.58. The second-order valence-electron chi connectivity index (χ2n) is 7.57. The maximum atomic E-state index is 12.8. The molecule has 14 heteroatoms. The van der Waals surface area contributed by atoms with Crippen molar-refractivity contribution in [2.24, 2.45) is 28.1 Å². The fourth-order valence-corrected chi connectivity index (χ4v) is 2.85. The Morgan fingerprint density at radius 1 is 0.969 bits per heavy atom. The van der Waals surface area contributed by atoms with Gasteiger partial charge in [0.2, 0.25) is 17.7 Å². The fourth-order valence-electron chi connectivity index (χ4n) is 2.59. The van der Waals surface area contributed by atoms with Crippen molar-refractivity contribution >= 4 is 42.3 Å². The number of thiol groups is 1. The lowest BCUT2D eigenvalue weighted by molar-refractivity contribution is -0.143. The van der Waals surface area contributed by atoms with E-state index in [2.05, 4.69) is 33.6 Å². The smallest absolute Gasteiger partial charge is 0.328 e. The Balaban J connectivity index is 5.27. The number of aliphatic hydroxyl groups excluding tert-OH is 1. The third kappa shape index (κ3) is 11.7. The first-order chi connectivity index (χ1) is 14.9. The molecule has 0 aliphatic heterocycles. The molecule has 0 aliphatic rings. The Labute approximate surface area is 192 Å². The van der Waals surface area contributed by atoms with E-state index in [1.165, 1.54) is 0 Å². The summed E-state index contributed by atoms with van der Waals surface area (Å²) in [5.41, 5.74) is 16.4. The molecule has 4 unspecified atom stereocenters. The van der Waals surface area contributed by atoms with Gasteiger partial charge >= 0.3 is 5.97 Å². The Kier molecular flexibility index (Phi) is 14.0. The molecule has 0 aromatic rings. The molecule has 0 aromatic carbocycles. The number of carboxylic acid groups (broad SMARTS) is 1. The summed E-state index contributed by atoms with van der Waals surface area (Å²) >= 11 is 4.01. The Morgan fingerprint density at radius 2 is 1.50 bits per heavy atom. The summed E-state index contributed by atoms with van der Waals surface area (Å²) < 4.78 is 0. The summed E-state index contributed by atoms with van der Waals surface area (Å²) in [7, 11) is 0. The maximum absolute atomic E-state index is 12.8. The van der Waals surface area contributed by atoms with Gasteiger partial charge in [0, 0.05) is 12.3 Å². The minimum atomic E-state index is -1.54. The number of rotatable bonds is 15. The van der Waals surface area contributed by atoms with Crippen LogP contribution in [0.25, 0.3) is 0 Å². The number of nitrogens with one attached hydrogen (secondary N) is 3. The molecule has 11 N–H and O–H groups in total. The van der Waals surface area contributed by atoms with Gasteiger partial charge in [-0.25, -0.2) is 4.79 Å². The summed E-state index contributed by atoms with van der Waals surface area (Å²) in [6.07, 6.45) is 0.907. The summed E-state index contributed by atoms with van der Waals surface area (Å²) in [6, 6.07) is -4.61. The van der Waals surface area contributed by atoms with Crippen molar-refractivity contribution in [3.63, 3.8) is 0 Å². The summed E-state index contributed by atoms with van der Waals surface area (Å²) in [4.78, 5) is 52.3. The van der Waals surface area contributed by atoms with E-state index < -0.39 is 54.5 Å². The third-order valence-electron chi connectivity index (χ3n) is 4.25. The third-order valence-corrected chi connectivity index (χ3v) is 4.62. The molecule has 32 heavy (non-hydrogen) atoms. The van der Waals surface area contributed by atoms with Gasteiger partial charge in [-0.3, -0.25) is 19.4 Å². The van der Waals surface area contributed by atoms with Crippen molar-refractivity contribution in [2.45, 2.75) is 57.3 Å². The molecule has 0 spiro atoms. The number of nitrogens with two attached hydrogens (primary N) is 3. The van der Waals surface area contributed by atoms with Crippen molar-refractivity contribution in [1.82, 2.24) is 16.0 Å². The number of aliphatic imine (C=N–C) groups is 1. The Morgan fingerprint density at radius 3 is 1.97 bits per heavy atom. The number of nitrogens with zero attached hydrogens (tertiary/aromatic N) is 1. The molecular formula is C18H35N7O6S. The van der Waals surface area contributed by atoms with Gasteiger partial charge in [-0.05, 0) is 25.2 Å². The second kappa shape index (κ2) is 15.3. The van der Waals surface area contributed by atoms with Gasteiger partial charge in [0.1, 0.15) is 18.1 Å². The number of guanidine groups is 1. The first-order valence-corrected chi connectivity index (χ1v) is 10.7. The number of hydrogen-bond acceptors (Lipinski definition) is 8. The lowest BCUT2D eigenvalue weighted by Gasteiger charge is -2.24. The monoisotopic (exact) mass is 477 g/mol. The topological polar surface area (TPSA) is 235 Å². The average molecular weight is 478 g/mol. The molecule has 0 radical (unpaired) electrons. The minimum absolute atomic E-state index is 0.113. The predicted octanol–water partition coefficient (Wildman–Crippen LogP) is -3.13. The number of carboxylic acids is 1. The molecule has 0 fully saturated rings. The first-order valence-electron chi connectivity index (χ1n) is 10.1. The zero-order valence-electron chi connectivity index (χ0n) is 18.3. The maximum Gasteiger partial charge on any atom is 0.328 e. The standard InChI is InChI=1S/C18H35N7O6S/c1-9(2)6-10(19)14(27)23-11(4-3-5-22-18(20)21)15(28)25-13(8-32)16(29)24-12(7-26)17(30)31/h9-13,26,32H,3-8,19H2,1-2H3,(H,23,27)(H,24,29)(H,25,28)(H,30,31)(H4,20,21,22). The number of amides is 3. The largest absolute Gasteiger partial charge is 0.480 e. The lowest BCUT2D eigenvalue weighted by atomic mass is 10.0. The lowest BCUT2D eigenvalue weighted by Crippen LogP contribution is -2.58. The minimum Gasteiger partial charge on any atom is -0.480 e. The summed E-state index contributed by atoms with van der Waals surface area (Å²) in [5.74, 6) is -3.61. The quantitative estimate of drug-likeness (QED) is 0.0501. The van der Waals surface area contributed by atoms with Crippen molar-refractivity contribution in [1.29, 1.82) is 0 Å². The van der Waals surface area contributed by atoms with Crippen LogP contribution >= 0.6 is 12.6 Å². The van der Waals surface area contributed by atoms with Crippen LogP contribution in [-0.4, -0.2) is 82.9 Å². The number of carbonyl (C=O) groups excluding carboxylic acids is 3. The molecule has 0 rings (SSSR count). The molecule has 0 bridgehead atoms. The number of aliphatic hydroxyl groups is 1. The number of aliphatic carboxylic acids is 1. The molecule has 0 aromatic heterocycles. The Bertz CT molecular complexity index is 672. The van der Waals surface area contributed by atoms with Crippen molar-refractivity contribution in [3.8, 4) is 0 Å². The van der Waals surface area contributed by atoms with Gasteiger partial charge < -0.3 is 43.4 Å². The molecule has 4 atom stereocenters. The van der Waals surface area contributed by atoms with Crippen LogP contribution in [0.5, 0.6) is 0 Å². The predicted molar refractivity (Wildman–Crippen MR) is 122 cm³/mol. The van der Waals surface area contributed by atoms with Gasteiger partial charge in [-0.15, -0.1) is 0 Å². The SMILES string of the molecule is CC(C)CC(N)C(=O)NC(CCCN=C(N)N)C(=O)NC(CS)C(=O)NC(CO)C(=O)O. The van der Waals surface area contributed by atoms with Crippen molar-refractivity contribution < 1.29 is 29.4 Å². The zero-order chi connectivity index (χ0) is 24.8. The van der Waals surface area contributed by atoms with E-state index in [0.717, 1.165) is 0 Å². The molecule has 13 nitrogen and oxygen atoms in total. The van der Waals surface area contributed by atoms with E-state index in [1.807, 2.05) is 13.8 Å². The second-order valence-corrected chi connectivity index (χ2v) is 7.94. The van der Waals surface area contributed by atoms with Gasteiger partial charge in [-0.1, -0.05) is 13.8 Å². The van der Waals surface area contributed by atoms with Crippen molar-refractivity contribution in [2.75, 3.05) is 18.9 Å². The number of carbonyl (C=O) groups is 4. The highest BCUT2D eigenvalue weighted by molar-refractivity contribution is 7.80. The fraction of sp³-hybridized carbons (Fsp3) is 0.722. The van der Waals surface area contributed by atoms with Crippen LogP contribution in [-0.2, 0) is 19.2 Å². The summed E-state index contributed by atoms with van der Waals surface area (Å²) in [6.45, 7) is 3.19. The molecule has 3 amide bonds. The van der Waals surface area contributed by atoms with Crippen LogP contribution in [0, 0.1) is 5.92 Å². The molecule has 0 heterocycles. The first kappa shape index (κ1) is 29.4.